The summed E-state index contributed by atoms with van der Waals surface area (Å²) in [5.41, 5.74) is 1.69. The van der Waals surface area contributed by atoms with Gasteiger partial charge in [0.2, 0.25) is 11.8 Å². The van der Waals surface area contributed by atoms with Crippen molar-refractivity contribution in [2.24, 2.45) is 0 Å². The van der Waals surface area contributed by atoms with Crippen LogP contribution in [0.2, 0.25) is 20.1 Å². The van der Waals surface area contributed by atoms with Gasteiger partial charge in [-0.2, -0.15) is 0 Å². The van der Waals surface area contributed by atoms with Gasteiger partial charge in [0.15, 0.2) is 0 Å². The van der Waals surface area contributed by atoms with Gasteiger partial charge < -0.3 is 10.2 Å². The monoisotopic (exact) mass is 534 g/mol. The molecule has 0 saturated carbocycles. The Morgan fingerprint density at radius 2 is 1.72 bits per heavy atom. The zero-order valence-corrected chi connectivity index (χ0v) is 22.0. The first-order chi connectivity index (χ1) is 15.1. The zero-order chi connectivity index (χ0) is 23.8. The van der Waals surface area contributed by atoms with Crippen molar-refractivity contribution in [1.29, 1.82) is 0 Å². The number of rotatable bonds is 10. The lowest BCUT2D eigenvalue weighted by Crippen LogP contribution is -2.50. The Kier molecular flexibility index (Phi) is 11.0. The first-order valence-corrected chi connectivity index (χ1v) is 12.8. The lowest BCUT2D eigenvalue weighted by Gasteiger charge is -2.29. The van der Waals surface area contributed by atoms with E-state index in [4.69, 9.17) is 46.4 Å². The summed E-state index contributed by atoms with van der Waals surface area (Å²) in [6.07, 6.45) is 0.802. The van der Waals surface area contributed by atoms with E-state index in [0.29, 0.717) is 25.8 Å². The first kappa shape index (κ1) is 27.1. The van der Waals surface area contributed by atoms with Crippen molar-refractivity contribution in [3.8, 4) is 0 Å². The summed E-state index contributed by atoms with van der Waals surface area (Å²) in [6, 6.07) is 9.86. The molecular weight excluding hydrogens is 510 g/mol. The topological polar surface area (TPSA) is 49.4 Å². The summed E-state index contributed by atoms with van der Waals surface area (Å²) in [4.78, 5) is 27.5. The third kappa shape index (κ3) is 8.03. The van der Waals surface area contributed by atoms with Crippen LogP contribution in [0.25, 0.3) is 0 Å². The van der Waals surface area contributed by atoms with Crippen molar-refractivity contribution in [3.05, 3.63) is 67.6 Å². The number of carbonyl (C=O) groups excluding carboxylic acids is 2. The highest BCUT2D eigenvalue weighted by molar-refractivity contribution is 7.99. The van der Waals surface area contributed by atoms with Crippen LogP contribution in [0.1, 0.15) is 38.3 Å². The Morgan fingerprint density at radius 1 is 1.00 bits per heavy atom. The molecule has 0 aliphatic rings. The fraction of sp³-hybridized carbons (Fsp3) is 0.391. The van der Waals surface area contributed by atoms with E-state index in [1.54, 1.807) is 42.2 Å². The second-order valence-electron chi connectivity index (χ2n) is 7.49. The Morgan fingerprint density at radius 3 is 2.34 bits per heavy atom. The second-order valence-corrected chi connectivity index (χ2v) is 10.1. The van der Waals surface area contributed by atoms with Gasteiger partial charge in [0, 0.05) is 28.4 Å². The number of carbonyl (C=O) groups is 2. The molecule has 2 rings (SSSR count). The molecular formula is C23H26Cl4N2O2S. The average Bonchev–Trinajstić information content (AvgIpc) is 2.75. The van der Waals surface area contributed by atoms with Crippen LogP contribution in [-0.2, 0) is 21.9 Å². The van der Waals surface area contributed by atoms with Crippen molar-refractivity contribution in [1.82, 2.24) is 10.2 Å². The van der Waals surface area contributed by atoms with Crippen LogP contribution in [0.5, 0.6) is 0 Å². The third-order valence-electron chi connectivity index (χ3n) is 5.00. The molecule has 1 N–H and O–H groups in total. The number of amides is 2. The molecule has 0 unspecified atom stereocenters. The Bertz CT molecular complexity index is 958. The predicted octanol–water partition coefficient (Wildman–Crippen LogP) is 6.87. The van der Waals surface area contributed by atoms with Crippen molar-refractivity contribution in [2.45, 2.75) is 51.6 Å². The van der Waals surface area contributed by atoms with Crippen LogP contribution in [0.15, 0.2) is 36.4 Å². The molecule has 0 aliphatic carbocycles. The van der Waals surface area contributed by atoms with Gasteiger partial charge >= 0.3 is 0 Å². The highest BCUT2D eigenvalue weighted by atomic mass is 35.5. The Labute approximate surface area is 213 Å². The highest BCUT2D eigenvalue weighted by Crippen LogP contribution is 2.26. The predicted molar refractivity (Wildman–Crippen MR) is 137 cm³/mol. The van der Waals surface area contributed by atoms with E-state index in [9.17, 15) is 9.59 Å². The van der Waals surface area contributed by atoms with Crippen LogP contribution in [0.4, 0.5) is 0 Å². The van der Waals surface area contributed by atoms with Gasteiger partial charge in [-0.05, 0) is 55.7 Å². The summed E-state index contributed by atoms with van der Waals surface area (Å²) in [6.45, 7) is 5.90. The van der Waals surface area contributed by atoms with E-state index in [2.05, 4.69) is 5.32 Å². The molecule has 4 nitrogen and oxygen atoms in total. The molecule has 2 aromatic carbocycles. The number of hydrogen-bond acceptors (Lipinski definition) is 3. The van der Waals surface area contributed by atoms with Crippen molar-refractivity contribution < 1.29 is 9.59 Å². The number of nitrogens with one attached hydrogen (secondary N) is 1. The van der Waals surface area contributed by atoms with Crippen LogP contribution >= 0.6 is 58.2 Å². The van der Waals surface area contributed by atoms with E-state index in [0.717, 1.165) is 17.5 Å². The molecule has 2 aromatic rings. The molecule has 0 fully saturated rings. The average molecular weight is 536 g/mol. The van der Waals surface area contributed by atoms with Crippen LogP contribution in [-0.4, -0.2) is 34.6 Å². The largest absolute Gasteiger partial charge is 0.352 e. The minimum atomic E-state index is -0.648. The molecule has 9 heteroatoms. The SMILES string of the molecule is CC[C@@H](C)NC(=O)[C@H](C)N(Cc1ccc(Cl)c(Cl)c1)C(=O)CSCc1ccc(Cl)cc1Cl. The number of nitrogens with zero attached hydrogens (tertiary/aromatic N) is 1. The van der Waals surface area contributed by atoms with Crippen molar-refractivity contribution in [2.75, 3.05) is 5.75 Å². The minimum absolute atomic E-state index is 0.0216. The van der Waals surface area contributed by atoms with Gasteiger partial charge in [0.1, 0.15) is 6.04 Å². The molecule has 2 atom stereocenters. The summed E-state index contributed by atoms with van der Waals surface area (Å²) >= 11 is 25.8. The minimum Gasteiger partial charge on any atom is -0.352 e. The molecule has 0 heterocycles. The van der Waals surface area contributed by atoms with Crippen LogP contribution in [0, 0.1) is 0 Å². The van der Waals surface area contributed by atoms with Crippen molar-refractivity contribution >= 4 is 70.0 Å². The molecule has 2 amide bonds. The maximum atomic E-state index is 13.1. The van der Waals surface area contributed by atoms with Gasteiger partial charge in [-0.3, -0.25) is 9.59 Å². The number of hydrogen-bond donors (Lipinski definition) is 1. The van der Waals surface area contributed by atoms with Gasteiger partial charge in [-0.1, -0.05) is 65.5 Å². The van der Waals surface area contributed by atoms with Crippen molar-refractivity contribution in [3.63, 3.8) is 0 Å². The maximum Gasteiger partial charge on any atom is 0.242 e. The Hall–Kier alpha value is -1.11. The lowest BCUT2D eigenvalue weighted by molar-refractivity contribution is -0.138. The summed E-state index contributed by atoms with van der Waals surface area (Å²) in [5, 5.41) is 4.91. The van der Waals surface area contributed by atoms with E-state index in [1.807, 2.05) is 19.9 Å². The van der Waals surface area contributed by atoms with Gasteiger partial charge in [-0.15, -0.1) is 11.8 Å². The number of benzene rings is 2. The third-order valence-corrected chi connectivity index (χ3v) is 7.30. The number of halogens is 4. The van der Waals surface area contributed by atoms with Crippen LogP contribution in [0.3, 0.4) is 0 Å². The molecule has 32 heavy (non-hydrogen) atoms. The fourth-order valence-electron chi connectivity index (χ4n) is 2.85. The van der Waals surface area contributed by atoms with E-state index in [1.165, 1.54) is 11.8 Å². The molecule has 0 radical (unpaired) electrons. The normalized spacial score (nSPS) is 12.8. The standard InChI is InChI=1S/C23H26Cl4N2O2S/c1-4-14(2)28-23(31)15(3)29(11-16-5-8-19(25)21(27)9-16)22(30)13-32-12-17-6-7-18(24)10-20(17)26/h5-10,14-15H,4,11-13H2,1-3H3,(H,28,31)/t14-,15+/m1/s1. The molecule has 174 valence electrons. The smallest absolute Gasteiger partial charge is 0.242 e. The summed E-state index contributed by atoms with van der Waals surface area (Å²) in [5.74, 6) is 0.397. The quantitative estimate of drug-likeness (QED) is 0.361. The first-order valence-electron chi connectivity index (χ1n) is 10.2. The fourth-order valence-corrected chi connectivity index (χ4v) is 4.64. The molecule has 0 bridgehead atoms. The number of thioether (sulfide) groups is 1. The second kappa shape index (κ2) is 13.0. The van der Waals surface area contributed by atoms with Crippen LogP contribution < -0.4 is 5.32 Å². The summed E-state index contributed by atoms with van der Waals surface area (Å²) in [7, 11) is 0. The zero-order valence-electron chi connectivity index (χ0n) is 18.1. The highest BCUT2D eigenvalue weighted by Gasteiger charge is 2.27. The molecule has 0 aliphatic heterocycles. The molecule has 0 spiro atoms. The Balaban J connectivity index is 2.13. The van der Waals surface area contributed by atoms with Gasteiger partial charge in [0.25, 0.3) is 0 Å². The molecule has 0 saturated heterocycles. The molecule has 0 aromatic heterocycles. The van der Waals surface area contributed by atoms with Gasteiger partial charge in [0.05, 0.1) is 15.8 Å². The van der Waals surface area contributed by atoms with E-state index >= 15 is 0 Å². The van der Waals surface area contributed by atoms with Gasteiger partial charge in [-0.25, -0.2) is 0 Å². The maximum absolute atomic E-state index is 13.1. The van der Waals surface area contributed by atoms with E-state index < -0.39 is 6.04 Å². The summed E-state index contributed by atoms with van der Waals surface area (Å²) < 4.78 is 0. The van der Waals surface area contributed by atoms with E-state index in [-0.39, 0.29) is 30.2 Å². The lowest BCUT2D eigenvalue weighted by atomic mass is 10.1.